The minimum Gasteiger partial charge on any atom is -0.456 e. The van der Waals surface area contributed by atoms with Crippen LogP contribution >= 0.6 is 0 Å². The molecule has 2 unspecified atom stereocenters. The van der Waals surface area contributed by atoms with E-state index in [4.69, 9.17) is 13.8 Å². The Hall–Kier alpha value is -7.47. The number of nitrogens with one attached hydrogen (secondary N) is 2. The molecular formula is C53H35N3O2. The van der Waals surface area contributed by atoms with Gasteiger partial charge >= 0.3 is 0 Å². The first kappa shape index (κ1) is 32.7. The molecule has 58 heavy (non-hydrogen) atoms. The number of furan rings is 2. The third-order valence-electron chi connectivity index (χ3n) is 11.8. The van der Waals surface area contributed by atoms with Crippen molar-refractivity contribution in [3.05, 3.63) is 205 Å². The molecule has 5 heteroatoms. The molecule has 0 bridgehead atoms. The molecule has 0 aliphatic carbocycles. The molecule has 0 radical (unpaired) electrons. The van der Waals surface area contributed by atoms with Crippen LogP contribution in [-0.4, -0.2) is 5.84 Å². The second-order valence-electron chi connectivity index (χ2n) is 15.1. The molecule has 0 spiro atoms. The maximum Gasteiger partial charge on any atom is 0.143 e. The van der Waals surface area contributed by atoms with Crippen LogP contribution in [0.25, 0.3) is 87.7 Å². The number of amidine groups is 1. The van der Waals surface area contributed by atoms with Crippen LogP contribution in [0.3, 0.4) is 0 Å². The van der Waals surface area contributed by atoms with Gasteiger partial charge in [-0.15, -0.1) is 0 Å². The van der Waals surface area contributed by atoms with Gasteiger partial charge in [0.1, 0.15) is 40.5 Å². The van der Waals surface area contributed by atoms with Crippen LogP contribution in [-0.2, 0) is 0 Å². The lowest BCUT2D eigenvalue weighted by Gasteiger charge is -2.33. The van der Waals surface area contributed by atoms with E-state index >= 15 is 0 Å². The molecule has 2 aromatic heterocycles. The Kier molecular flexibility index (Phi) is 7.37. The van der Waals surface area contributed by atoms with Crippen molar-refractivity contribution in [3.63, 3.8) is 0 Å². The van der Waals surface area contributed by atoms with Crippen LogP contribution in [0.5, 0.6) is 0 Å². The van der Waals surface area contributed by atoms with Gasteiger partial charge in [0.15, 0.2) is 0 Å². The molecule has 5 nitrogen and oxygen atoms in total. The standard InChI is InChI=1S/C53H35N3O2/c1-2-14-34-30-35(27-26-32(34)12-1)51-54-52(36-28-29-41-40-18-7-8-24-46(40)57-48(41)31-36)56-53(55-51)44-19-6-5-17-39(44)42-21-11-25-47-49(42)45-23-10-22-43(50(45)58-47)38-20-9-15-33-13-3-4-16-37(33)38/h1-31,51,53,55H,(H,54,56). The van der Waals surface area contributed by atoms with E-state index in [0.29, 0.717) is 0 Å². The van der Waals surface area contributed by atoms with E-state index in [1.807, 2.05) is 12.1 Å². The maximum atomic E-state index is 6.81. The number of benzene rings is 9. The highest BCUT2D eigenvalue weighted by Gasteiger charge is 2.28. The Bertz CT molecular complexity index is 3440. The van der Waals surface area contributed by atoms with Gasteiger partial charge < -0.3 is 14.2 Å². The Morgan fingerprint density at radius 1 is 0.431 bits per heavy atom. The highest BCUT2D eigenvalue weighted by molar-refractivity contribution is 6.17. The molecule has 2 N–H and O–H groups in total. The van der Waals surface area contributed by atoms with Crippen molar-refractivity contribution in [1.29, 1.82) is 0 Å². The van der Waals surface area contributed by atoms with Gasteiger partial charge in [0.05, 0.1) is 0 Å². The normalized spacial score (nSPS) is 15.8. The van der Waals surface area contributed by atoms with Gasteiger partial charge in [-0.3, -0.25) is 5.32 Å². The van der Waals surface area contributed by atoms with E-state index < -0.39 is 0 Å². The average molecular weight is 746 g/mol. The summed E-state index contributed by atoms with van der Waals surface area (Å²) in [6.45, 7) is 0. The molecule has 1 aliphatic heterocycles. The lowest BCUT2D eigenvalue weighted by Crippen LogP contribution is -2.45. The quantitative estimate of drug-likeness (QED) is 0.184. The summed E-state index contributed by atoms with van der Waals surface area (Å²) in [5.41, 5.74) is 11.1. The SMILES string of the molecule is c1ccc(C2N=C(c3ccc4c(c3)oc3ccccc34)NC(c3ccc4ccccc4c3)N2)c(-c2cccc3oc4c(-c5cccc6ccccc56)cccc4c23)c1. The Morgan fingerprint density at radius 2 is 1.10 bits per heavy atom. The average Bonchev–Trinajstić information content (AvgIpc) is 3.87. The van der Waals surface area contributed by atoms with E-state index in [1.165, 1.54) is 21.5 Å². The predicted octanol–water partition coefficient (Wildman–Crippen LogP) is 13.5. The fourth-order valence-corrected chi connectivity index (χ4v) is 9.02. The van der Waals surface area contributed by atoms with Crippen LogP contribution in [0.2, 0.25) is 0 Å². The summed E-state index contributed by atoms with van der Waals surface area (Å²) < 4.78 is 13.2. The number of fused-ring (bicyclic) bond motifs is 8. The van der Waals surface area contributed by atoms with Crippen LogP contribution in [0.4, 0.5) is 0 Å². The van der Waals surface area contributed by atoms with Gasteiger partial charge in [-0.05, 0) is 79.7 Å². The monoisotopic (exact) mass is 745 g/mol. The topological polar surface area (TPSA) is 62.7 Å². The predicted molar refractivity (Wildman–Crippen MR) is 238 cm³/mol. The number of rotatable bonds is 5. The number of para-hydroxylation sites is 2. The van der Waals surface area contributed by atoms with Crippen molar-refractivity contribution in [3.8, 4) is 22.3 Å². The number of nitrogens with zero attached hydrogens (tertiary/aromatic N) is 1. The summed E-state index contributed by atoms with van der Waals surface area (Å²) in [4.78, 5) is 5.45. The Labute approximate surface area is 333 Å². The van der Waals surface area contributed by atoms with Gasteiger partial charge in [-0.1, -0.05) is 158 Å². The second-order valence-corrected chi connectivity index (χ2v) is 15.1. The highest BCUT2D eigenvalue weighted by atomic mass is 16.3. The zero-order valence-corrected chi connectivity index (χ0v) is 31.3. The molecule has 0 saturated heterocycles. The fourth-order valence-electron chi connectivity index (χ4n) is 9.02. The van der Waals surface area contributed by atoms with Gasteiger partial charge in [0.25, 0.3) is 0 Å². The minimum atomic E-state index is -0.380. The molecule has 2 atom stereocenters. The van der Waals surface area contributed by atoms with Gasteiger partial charge in [0.2, 0.25) is 0 Å². The second kappa shape index (κ2) is 13.1. The molecule has 0 amide bonds. The molecule has 0 saturated carbocycles. The van der Waals surface area contributed by atoms with Crippen LogP contribution in [0.1, 0.15) is 29.0 Å². The summed E-state index contributed by atoms with van der Waals surface area (Å²) in [6, 6.07) is 66.3. The van der Waals surface area contributed by atoms with E-state index in [-0.39, 0.29) is 12.3 Å². The lowest BCUT2D eigenvalue weighted by molar-refractivity contribution is 0.410. The van der Waals surface area contributed by atoms with Crippen LogP contribution in [0, 0.1) is 0 Å². The molecule has 274 valence electrons. The first-order chi connectivity index (χ1) is 28.7. The van der Waals surface area contributed by atoms with Gasteiger partial charge in [-0.2, -0.15) is 0 Å². The third kappa shape index (κ3) is 5.25. The first-order valence-corrected chi connectivity index (χ1v) is 19.8. The molecule has 12 rings (SSSR count). The maximum absolute atomic E-state index is 6.81. The number of hydrogen-bond donors (Lipinski definition) is 2. The van der Waals surface area contributed by atoms with Crippen molar-refractivity contribution in [2.45, 2.75) is 12.3 Å². The van der Waals surface area contributed by atoms with E-state index in [9.17, 15) is 0 Å². The van der Waals surface area contributed by atoms with Crippen molar-refractivity contribution in [1.82, 2.24) is 10.6 Å². The summed E-state index contributed by atoms with van der Waals surface area (Å²) in [7, 11) is 0. The van der Waals surface area contributed by atoms with Crippen molar-refractivity contribution < 1.29 is 8.83 Å². The fraction of sp³-hybridized carbons (Fsp3) is 0.0377. The van der Waals surface area contributed by atoms with Gasteiger partial charge in [0, 0.05) is 32.7 Å². The number of hydrogen-bond acceptors (Lipinski definition) is 5. The summed E-state index contributed by atoms with van der Waals surface area (Å²) in [6.07, 6.45) is -0.606. The Balaban J connectivity index is 1.02. The lowest BCUT2D eigenvalue weighted by atomic mass is 9.92. The summed E-state index contributed by atoms with van der Waals surface area (Å²) in [5, 5.41) is 16.8. The zero-order chi connectivity index (χ0) is 38.2. The zero-order valence-electron chi connectivity index (χ0n) is 31.3. The van der Waals surface area contributed by atoms with E-state index in [0.717, 1.165) is 88.7 Å². The molecule has 11 aromatic rings. The molecule has 1 aliphatic rings. The molecule has 9 aromatic carbocycles. The van der Waals surface area contributed by atoms with Crippen molar-refractivity contribution >= 4 is 71.3 Å². The molecular weight excluding hydrogens is 711 g/mol. The Morgan fingerprint density at radius 3 is 2.05 bits per heavy atom. The van der Waals surface area contributed by atoms with Crippen LogP contribution < -0.4 is 10.6 Å². The van der Waals surface area contributed by atoms with Crippen molar-refractivity contribution in [2.24, 2.45) is 4.99 Å². The number of aliphatic imine (C=N–C) groups is 1. The van der Waals surface area contributed by atoms with E-state index in [1.54, 1.807) is 0 Å². The summed E-state index contributed by atoms with van der Waals surface area (Å²) >= 11 is 0. The van der Waals surface area contributed by atoms with E-state index in [2.05, 4.69) is 187 Å². The van der Waals surface area contributed by atoms with Crippen molar-refractivity contribution in [2.75, 3.05) is 0 Å². The first-order valence-electron chi connectivity index (χ1n) is 19.8. The van der Waals surface area contributed by atoms with Crippen LogP contribution in [0.15, 0.2) is 202 Å². The smallest absolute Gasteiger partial charge is 0.143 e. The molecule has 0 fully saturated rings. The highest BCUT2D eigenvalue weighted by Crippen LogP contribution is 2.44. The third-order valence-corrected chi connectivity index (χ3v) is 11.8. The largest absolute Gasteiger partial charge is 0.456 e. The molecule has 3 heterocycles. The minimum absolute atomic E-state index is 0.227. The van der Waals surface area contributed by atoms with Gasteiger partial charge in [-0.25, -0.2) is 4.99 Å². The summed E-state index contributed by atoms with van der Waals surface area (Å²) in [5.74, 6) is 0.797.